The molecule has 0 radical (unpaired) electrons. The summed E-state index contributed by atoms with van der Waals surface area (Å²) in [6.45, 7) is 1.18. The van der Waals surface area contributed by atoms with Gasteiger partial charge in [0, 0.05) is 18.7 Å². The Hall–Kier alpha value is -2.96. The van der Waals surface area contributed by atoms with Gasteiger partial charge in [0.15, 0.2) is 5.76 Å². The highest BCUT2D eigenvalue weighted by Gasteiger charge is 2.30. The van der Waals surface area contributed by atoms with Crippen LogP contribution in [0.2, 0.25) is 0 Å². The van der Waals surface area contributed by atoms with Crippen molar-refractivity contribution in [1.29, 1.82) is 0 Å². The largest absolute Gasteiger partial charge is 0.459 e. The first kappa shape index (κ1) is 15.6. The summed E-state index contributed by atoms with van der Waals surface area (Å²) in [7, 11) is 0. The van der Waals surface area contributed by atoms with Gasteiger partial charge in [-0.2, -0.15) is 0 Å². The van der Waals surface area contributed by atoms with Crippen LogP contribution in [0.15, 0.2) is 51.5 Å². The van der Waals surface area contributed by atoms with Crippen LogP contribution in [0.5, 0.6) is 0 Å². The van der Waals surface area contributed by atoms with E-state index in [-0.39, 0.29) is 17.6 Å². The molecule has 2 aromatic heterocycles. The molecule has 7 heteroatoms. The van der Waals surface area contributed by atoms with Gasteiger partial charge < -0.3 is 13.7 Å². The number of amides is 1. The van der Waals surface area contributed by atoms with E-state index in [0.29, 0.717) is 36.2 Å². The molecule has 3 heterocycles. The summed E-state index contributed by atoms with van der Waals surface area (Å²) in [5, 5.41) is 8.17. The van der Waals surface area contributed by atoms with Crippen molar-refractivity contribution in [2.45, 2.75) is 18.8 Å². The number of benzene rings is 1. The number of carbonyl (C=O) groups is 1. The zero-order valence-corrected chi connectivity index (χ0v) is 13.4. The third-order valence-corrected chi connectivity index (χ3v) is 4.32. The normalized spacial score (nSPS) is 17.6. The van der Waals surface area contributed by atoms with Gasteiger partial charge in [-0.05, 0) is 49.2 Å². The van der Waals surface area contributed by atoms with Crippen LogP contribution in [-0.4, -0.2) is 34.1 Å². The first-order valence-electron chi connectivity index (χ1n) is 8.13. The van der Waals surface area contributed by atoms with E-state index < -0.39 is 0 Å². The molecule has 1 fully saturated rings. The summed E-state index contributed by atoms with van der Waals surface area (Å²) in [6.07, 6.45) is 3.21. The van der Waals surface area contributed by atoms with E-state index in [1.807, 2.05) is 0 Å². The van der Waals surface area contributed by atoms with E-state index in [0.717, 1.165) is 12.8 Å². The van der Waals surface area contributed by atoms with Crippen molar-refractivity contribution in [3.05, 3.63) is 60.1 Å². The molecular formula is C18H16FN3O3. The fraction of sp³-hybridized carbons (Fsp3) is 0.278. The first-order chi connectivity index (χ1) is 12.2. The molecule has 1 aliphatic heterocycles. The van der Waals surface area contributed by atoms with Crippen molar-refractivity contribution >= 4 is 5.91 Å². The SMILES string of the molecule is O=C(c1ccco1)N1CCC[C@H](c2nnc(-c3ccc(F)cc3)o2)C1. The van der Waals surface area contributed by atoms with Crippen molar-refractivity contribution in [3.63, 3.8) is 0 Å². The van der Waals surface area contributed by atoms with Gasteiger partial charge in [-0.15, -0.1) is 10.2 Å². The highest BCUT2D eigenvalue weighted by molar-refractivity contribution is 5.91. The smallest absolute Gasteiger partial charge is 0.289 e. The van der Waals surface area contributed by atoms with Gasteiger partial charge in [0.25, 0.3) is 5.91 Å². The molecule has 6 nitrogen and oxygen atoms in total. The maximum atomic E-state index is 13.0. The highest BCUT2D eigenvalue weighted by Crippen LogP contribution is 2.29. The number of likely N-dealkylation sites (tertiary alicyclic amines) is 1. The number of aromatic nitrogens is 2. The summed E-state index contributed by atoms with van der Waals surface area (Å²) in [6, 6.07) is 9.25. The van der Waals surface area contributed by atoms with Crippen LogP contribution >= 0.6 is 0 Å². The molecule has 1 amide bonds. The molecule has 1 aliphatic rings. The third-order valence-electron chi connectivity index (χ3n) is 4.32. The van der Waals surface area contributed by atoms with E-state index in [1.54, 1.807) is 29.2 Å². The number of halogens is 1. The van der Waals surface area contributed by atoms with Crippen LogP contribution in [0.3, 0.4) is 0 Å². The lowest BCUT2D eigenvalue weighted by Crippen LogP contribution is -2.39. The van der Waals surface area contributed by atoms with Crippen LogP contribution in [0.4, 0.5) is 4.39 Å². The molecule has 0 unspecified atom stereocenters. The van der Waals surface area contributed by atoms with Crippen LogP contribution in [0, 0.1) is 5.82 Å². The molecule has 128 valence electrons. The average molecular weight is 341 g/mol. The number of hydrogen-bond donors (Lipinski definition) is 0. The lowest BCUT2D eigenvalue weighted by Gasteiger charge is -2.30. The minimum absolute atomic E-state index is 0.0191. The topological polar surface area (TPSA) is 72.4 Å². The van der Waals surface area contributed by atoms with E-state index in [9.17, 15) is 9.18 Å². The Morgan fingerprint density at radius 3 is 2.80 bits per heavy atom. The fourth-order valence-corrected chi connectivity index (χ4v) is 3.03. The maximum Gasteiger partial charge on any atom is 0.289 e. The van der Waals surface area contributed by atoms with Crippen LogP contribution < -0.4 is 0 Å². The van der Waals surface area contributed by atoms with Gasteiger partial charge in [-0.25, -0.2) is 4.39 Å². The summed E-state index contributed by atoms with van der Waals surface area (Å²) in [5.41, 5.74) is 0.666. The third kappa shape index (κ3) is 3.17. The monoisotopic (exact) mass is 341 g/mol. The van der Waals surface area contributed by atoms with Crippen molar-refractivity contribution in [2.75, 3.05) is 13.1 Å². The molecule has 4 rings (SSSR count). The van der Waals surface area contributed by atoms with Crippen LogP contribution in [-0.2, 0) is 0 Å². The van der Waals surface area contributed by atoms with E-state index >= 15 is 0 Å². The Balaban J connectivity index is 1.50. The van der Waals surface area contributed by atoms with Gasteiger partial charge in [0.1, 0.15) is 5.82 Å². The quantitative estimate of drug-likeness (QED) is 0.729. The van der Waals surface area contributed by atoms with Crippen molar-refractivity contribution in [3.8, 4) is 11.5 Å². The molecule has 1 saturated heterocycles. The first-order valence-corrected chi connectivity index (χ1v) is 8.13. The van der Waals surface area contributed by atoms with E-state index in [4.69, 9.17) is 8.83 Å². The number of piperidine rings is 1. The number of hydrogen-bond acceptors (Lipinski definition) is 5. The van der Waals surface area contributed by atoms with Crippen LogP contribution in [0.25, 0.3) is 11.5 Å². The molecule has 1 atom stereocenters. The number of carbonyl (C=O) groups excluding carboxylic acids is 1. The number of nitrogens with zero attached hydrogens (tertiary/aromatic N) is 3. The molecule has 25 heavy (non-hydrogen) atoms. The summed E-state index contributed by atoms with van der Waals surface area (Å²) in [4.78, 5) is 14.2. The van der Waals surface area contributed by atoms with Gasteiger partial charge >= 0.3 is 0 Å². The average Bonchev–Trinajstić information content (AvgIpc) is 3.34. The van der Waals surface area contributed by atoms with Gasteiger partial charge in [0.2, 0.25) is 11.8 Å². The van der Waals surface area contributed by atoms with Gasteiger partial charge in [0.05, 0.1) is 12.2 Å². The van der Waals surface area contributed by atoms with Gasteiger partial charge in [-0.3, -0.25) is 4.79 Å². The Morgan fingerprint density at radius 2 is 2.04 bits per heavy atom. The molecule has 1 aromatic carbocycles. The molecule has 0 bridgehead atoms. The number of furan rings is 1. The zero-order valence-electron chi connectivity index (χ0n) is 13.4. The lowest BCUT2D eigenvalue weighted by molar-refractivity contribution is 0.0666. The Labute approximate surface area is 143 Å². The second-order valence-electron chi connectivity index (χ2n) is 6.02. The molecule has 0 spiro atoms. The highest BCUT2D eigenvalue weighted by atomic mass is 19.1. The number of rotatable bonds is 3. The van der Waals surface area contributed by atoms with E-state index in [2.05, 4.69) is 10.2 Å². The fourth-order valence-electron chi connectivity index (χ4n) is 3.03. The second kappa shape index (κ2) is 6.51. The van der Waals surface area contributed by atoms with Crippen molar-refractivity contribution in [1.82, 2.24) is 15.1 Å². The van der Waals surface area contributed by atoms with E-state index in [1.165, 1.54) is 18.4 Å². The van der Waals surface area contributed by atoms with Crippen molar-refractivity contribution in [2.24, 2.45) is 0 Å². The molecular weight excluding hydrogens is 325 g/mol. The standard InChI is InChI=1S/C18H16FN3O3/c19-14-7-5-12(6-8-14)16-20-21-17(25-16)13-3-1-9-22(11-13)18(23)15-4-2-10-24-15/h2,4-8,10,13H,1,3,9,11H2/t13-/m0/s1. The summed E-state index contributed by atoms with van der Waals surface area (Å²) < 4.78 is 24.0. The Kier molecular flexibility index (Phi) is 4.05. The molecule has 0 saturated carbocycles. The summed E-state index contributed by atoms with van der Waals surface area (Å²) >= 11 is 0. The molecule has 0 N–H and O–H groups in total. The predicted octanol–water partition coefficient (Wildman–Crippen LogP) is 3.49. The summed E-state index contributed by atoms with van der Waals surface area (Å²) in [5.74, 6) is 0.712. The zero-order chi connectivity index (χ0) is 17.2. The van der Waals surface area contributed by atoms with Crippen molar-refractivity contribution < 1.29 is 18.0 Å². The lowest BCUT2D eigenvalue weighted by atomic mass is 9.98. The maximum absolute atomic E-state index is 13.0. The minimum Gasteiger partial charge on any atom is -0.459 e. The van der Waals surface area contributed by atoms with Gasteiger partial charge in [-0.1, -0.05) is 0 Å². The molecule has 0 aliphatic carbocycles. The van der Waals surface area contributed by atoms with Crippen LogP contribution in [0.1, 0.15) is 35.2 Å². The minimum atomic E-state index is -0.317. The predicted molar refractivity (Wildman–Crippen MR) is 86.3 cm³/mol. The Bertz CT molecular complexity index is 858. The Morgan fingerprint density at radius 1 is 1.20 bits per heavy atom. The second-order valence-corrected chi connectivity index (χ2v) is 6.02. The molecule has 3 aromatic rings.